The van der Waals surface area contributed by atoms with Crippen LogP contribution in [0.5, 0.6) is 5.75 Å². The molecule has 0 aromatic heterocycles. The highest BCUT2D eigenvalue weighted by Gasteiger charge is 2.15. The van der Waals surface area contributed by atoms with Crippen molar-refractivity contribution in [2.75, 3.05) is 14.2 Å². The molecular formula is C16H24O3. The van der Waals surface area contributed by atoms with Crippen molar-refractivity contribution in [3.8, 4) is 5.75 Å². The smallest absolute Gasteiger partial charge is 0.338 e. The summed E-state index contributed by atoms with van der Waals surface area (Å²) in [5, 5.41) is 0. The van der Waals surface area contributed by atoms with E-state index in [1.165, 1.54) is 32.8 Å². The van der Waals surface area contributed by atoms with Crippen molar-refractivity contribution in [3.05, 3.63) is 29.3 Å². The third-order valence-electron chi connectivity index (χ3n) is 3.29. The average molecular weight is 264 g/mol. The fraction of sp³-hybridized carbons (Fsp3) is 0.562. The van der Waals surface area contributed by atoms with Gasteiger partial charge in [-0.1, -0.05) is 38.7 Å². The van der Waals surface area contributed by atoms with Gasteiger partial charge < -0.3 is 9.47 Å². The molecule has 0 heterocycles. The molecule has 0 saturated carbocycles. The summed E-state index contributed by atoms with van der Waals surface area (Å²) in [7, 11) is 3.05. The lowest BCUT2D eigenvalue weighted by atomic mass is 9.99. The maximum Gasteiger partial charge on any atom is 0.338 e. The van der Waals surface area contributed by atoms with Crippen molar-refractivity contribution in [1.82, 2.24) is 0 Å². The minimum atomic E-state index is -0.289. The van der Waals surface area contributed by atoms with Crippen molar-refractivity contribution in [3.63, 3.8) is 0 Å². The molecule has 0 aliphatic rings. The number of carbonyl (C=O) groups is 1. The summed E-state index contributed by atoms with van der Waals surface area (Å²) in [5.74, 6) is 0.487. The number of benzene rings is 1. The lowest BCUT2D eigenvalue weighted by molar-refractivity contribution is 0.0599. The Morgan fingerprint density at radius 1 is 1.11 bits per heavy atom. The van der Waals surface area contributed by atoms with Crippen LogP contribution in [0.25, 0.3) is 0 Å². The summed E-state index contributed by atoms with van der Waals surface area (Å²) < 4.78 is 10.2. The van der Waals surface area contributed by atoms with Crippen LogP contribution in [0.3, 0.4) is 0 Å². The molecule has 0 amide bonds. The van der Waals surface area contributed by atoms with Gasteiger partial charge in [0.1, 0.15) is 5.75 Å². The highest BCUT2D eigenvalue weighted by atomic mass is 16.5. The summed E-state index contributed by atoms with van der Waals surface area (Å²) in [6, 6.07) is 5.52. The maximum atomic E-state index is 11.8. The third-order valence-corrected chi connectivity index (χ3v) is 3.29. The fourth-order valence-electron chi connectivity index (χ4n) is 2.22. The maximum absolute atomic E-state index is 11.8. The van der Waals surface area contributed by atoms with E-state index in [1.54, 1.807) is 13.2 Å². The van der Waals surface area contributed by atoms with Gasteiger partial charge in [0.2, 0.25) is 0 Å². The van der Waals surface area contributed by atoms with E-state index in [1.807, 2.05) is 12.1 Å². The van der Waals surface area contributed by atoms with Gasteiger partial charge in [0.25, 0.3) is 0 Å². The molecule has 0 aliphatic heterocycles. The van der Waals surface area contributed by atoms with Gasteiger partial charge in [0.15, 0.2) is 0 Å². The summed E-state index contributed by atoms with van der Waals surface area (Å²) in [4.78, 5) is 11.8. The lowest BCUT2D eigenvalue weighted by Gasteiger charge is -2.12. The Bertz CT molecular complexity index is 399. The second-order valence-corrected chi connectivity index (χ2v) is 4.64. The van der Waals surface area contributed by atoms with Crippen molar-refractivity contribution < 1.29 is 14.3 Å². The molecule has 0 bridgehead atoms. The molecule has 19 heavy (non-hydrogen) atoms. The van der Waals surface area contributed by atoms with Crippen molar-refractivity contribution in [1.29, 1.82) is 0 Å². The normalized spacial score (nSPS) is 10.3. The van der Waals surface area contributed by atoms with E-state index in [0.717, 1.165) is 24.2 Å². The predicted molar refractivity (Wildman–Crippen MR) is 76.8 cm³/mol. The number of carbonyl (C=O) groups excluding carboxylic acids is 1. The van der Waals surface area contributed by atoms with Crippen LogP contribution in [0.1, 0.15) is 54.9 Å². The Morgan fingerprint density at radius 3 is 2.47 bits per heavy atom. The van der Waals surface area contributed by atoms with Gasteiger partial charge in [-0.05, 0) is 25.0 Å². The Balaban J connectivity index is 2.75. The SMILES string of the molecule is CCCCCCCc1c(OC)cccc1C(=O)OC. The van der Waals surface area contributed by atoms with E-state index in [9.17, 15) is 4.79 Å². The van der Waals surface area contributed by atoms with E-state index >= 15 is 0 Å². The van der Waals surface area contributed by atoms with Crippen LogP contribution < -0.4 is 4.74 Å². The second kappa shape index (κ2) is 8.57. The lowest BCUT2D eigenvalue weighted by Crippen LogP contribution is -2.07. The van der Waals surface area contributed by atoms with Gasteiger partial charge in [-0.2, -0.15) is 0 Å². The van der Waals surface area contributed by atoms with Crippen molar-refractivity contribution in [2.45, 2.75) is 45.4 Å². The van der Waals surface area contributed by atoms with E-state index < -0.39 is 0 Å². The minimum absolute atomic E-state index is 0.289. The Morgan fingerprint density at radius 2 is 1.84 bits per heavy atom. The minimum Gasteiger partial charge on any atom is -0.496 e. The zero-order valence-electron chi connectivity index (χ0n) is 12.2. The van der Waals surface area contributed by atoms with Crippen LogP contribution in [0, 0.1) is 0 Å². The molecule has 0 unspecified atom stereocenters. The summed E-state index contributed by atoms with van der Waals surface area (Å²) in [6.07, 6.45) is 6.88. The first-order chi connectivity index (χ1) is 9.24. The zero-order chi connectivity index (χ0) is 14.1. The second-order valence-electron chi connectivity index (χ2n) is 4.64. The van der Waals surface area contributed by atoms with Crippen LogP contribution >= 0.6 is 0 Å². The van der Waals surface area contributed by atoms with Gasteiger partial charge >= 0.3 is 5.97 Å². The Labute approximate surface area is 115 Å². The topological polar surface area (TPSA) is 35.5 Å². The molecule has 0 fully saturated rings. The average Bonchev–Trinajstić information content (AvgIpc) is 2.46. The number of rotatable bonds is 8. The Kier molecular flexibility index (Phi) is 7.01. The fourth-order valence-corrected chi connectivity index (χ4v) is 2.22. The molecule has 0 N–H and O–H groups in total. The van der Waals surface area contributed by atoms with Gasteiger partial charge in [0, 0.05) is 5.56 Å². The number of hydrogen-bond donors (Lipinski definition) is 0. The molecule has 0 aliphatic carbocycles. The van der Waals surface area contributed by atoms with Crippen molar-refractivity contribution >= 4 is 5.97 Å². The van der Waals surface area contributed by atoms with Gasteiger partial charge in [-0.25, -0.2) is 4.79 Å². The first-order valence-corrected chi connectivity index (χ1v) is 6.98. The molecule has 3 heteroatoms. The summed E-state index contributed by atoms with van der Waals surface area (Å²) in [6.45, 7) is 2.20. The van der Waals surface area contributed by atoms with Crippen LogP contribution in [0.15, 0.2) is 18.2 Å². The first kappa shape index (κ1) is 15.5. The molecule has 1 rings (SSSR count). The number of methoxy groups -OCH3 is 2. The monoisotopic (exact) mass is 264 g/mol. The third kappa shape index (κ3) is 4.58. The first-order valence-electron chi connectivity index (χ1n) is 6.98. The number of hydrogen-bond acceptors (Lipinski definition) is 3. The van der Waals surface area contributed by atoms with Gasteiger partial charge in [-0.3, -0.25) is 0 Å². The largest absolute Gasteiger partial charge is 0.496 e. The van der Waals surface area contributed by atoms with E-state index in [2.05, 4.69) is 6.92 Å². The van der Waals surface area contributed by atoms with E-state index in [-0.39, 0.29) is 5.97 Å². The van der Waals surface area contributed by atoms with Gasteiger partial charge in [-0.15, -0.1) is 0 Å². The van der Waals surface area contributed by atoms with E-state index in [4.69, 9.17) is 9.47 Å². The van der Waals surface area contributed by atoms with Crippen LogP contribution in [0.4, 0.5) is 0 Å². The molecule has 1 aromatic carbocycles. The number of unbranched alkanes of at least 4 members (excludes halogenated alkanes) is 4. The molecule has 106 valence electrons. The molecule has 3 nitrogen and oxygen atoms in total. The molecule has 0 spiro atoms. The standard InChI is InChI=1S/C16H24O3/c1-4-5-6-7-8-10-13-14(16(17)19-3)11-9-12-15(13)18-2/h9,11-12H,4-8,10H2,1-3H3. The van der Waals surface area contributed by atoms with Crippen molar-refractivity contribution in [2.24, 2.45) is 0 Å². The molecule has 0 atom stereocenters. The molecule has 0 radical (unpaired) electrons. The molecule has 1 aromatic rings. The Hall–Kier alpha value is -1.51. The molecular weight excluding hydrogens is 240 g/mol. The zero-order valence-corrected chi connectivity index (χ0v) is 12.2. The van der Waals surface area contributed by atoms with Gasteiger partial charge in [0.05, 0.1) is 19.8 Å². The quantitative estimate of drug-likeness (QED) is 0.526. The number of ether oxygens (including phenoxy) is 2. The highest BCUT2D eigenvalue weighted by Crippen LogP contribution is 2.25. The predicted octanol–water partition coefficient (Wildman–Crippen LogP) is 3.99. The van der Waals surface area contributed by atoms with Crippen LogP contribution in [0.2, 0.25) is 0 Å². The highest BCUT2D eigenvalue weighted by molar-refractivity contribution is 5.91. The summed E-state index contributed by atoms with van der Waals surface area (Å²) >= 11 is 0. The van der Waals surface area contributed by atoms with Crippen LogP contribution in [-0.4, -0.2) is 20.2 Å². The van der Waals surface area contributed by atoms with Crippen LogP contribution in [-0.2, 0) is 11.2 Å². The van der Waals surface area contributed by atoms with E-state index in [0.29, 0.717) is 5.56 Å². The number of esters is 1. The molecule has 0 saturated heterocycles. The summed E-state index contributed by atoms with van der Waals surface area (Å²) in [5.41, 5.74) is 1.59.